The third kappa shape index (κ3) is 7.14. The van der Waals surface area contributed by atoms with Crippen LogP contribution in [-0.4, -0.2) is 65.6 Å². The molecule has 36 heavy (non-hydrogen) atoms. The van der Waals surface area contributed by atoms with E-state index in [4.69, 9.17) is 4.74 Å². The van der Waals surface area contributed by atoms with Gasteiger partial charge in [0.05, 0.1) is 12.5 Å². The van der Waals surface area contributed by atoms with Crippen molar-refractivity contribution in [3.63, 3.8) is 0 Å². The fourth-order valence-electron chi connectivity index (χ4n) is 4.46. The first-order valence-electron chi connectivity index (χ1n) is 12.2. The Morgan fingerprint density at radius 1 is 1.36 bits per heavy atom. The van der Waals surface area contributed by atoms with Crippen molar-refractivity contribution in [1.29, 1.82) is 0 Å². The predicted octanol–water partition coefficient (Wildman–Crippen LogP) is 5.48. The maximum atomic E-state index is 13.4. The Bertz CT molecular complexity index is 908. The molecule has 11 heteroatoms. The lowest BCUT2D eigenvalue weighted by Gasteiger charge is -2.31. The summed E-state index contributed by atoms with van der Waals surface area (Å²) in [6.07, 6.45) is -2.43. The monoisotopic (exact) mass is 532 g/mol. The molecular formula is C25H35F3N2O5S. The van der Waals surface area contributed by atoms with Crippen molar-refractivity contribution >= 4 is 24.0 Å². The van der Waals surface area contributed by atoms with Gasteiger partial charge >= 0.3 is 6.18 Å². The van der Waals surface area contributed by atoms with E-state index < -0.39 is 29.8 Å². The van der Waals surface area contributed by atoms with Crippen LogP contribution in [0.4, 0.5) is 13.2 Å². The SMILES string of the molecule is CCCc1c(OCCCCN(C)C(=O)C(C)(N=O)C2CCSC2)ccc(C(CC=O)C(F)(F)F)c1O. The zero-order valence-corrected chi connectivity index (χ0v) is 21.8. The van der Waals surface area contributed by atoms with Crippen LogP contribution < -0.4 is 4.74 Å². The number of rotatable bonds is 14. The summed E-state index contributed by atoms with van der Waals surface area (Å²) in [5.41, 5.74) is -1.33. The smallest absolute Gasteiger partial charge is 0.396 e. The lowest BCUT2D eigenvalue weighted by Crippen LogP contribution is -2.49. The van der Waals surface area contributed by atoms with Crippen LogP contribution in [0.3, 0.4) is 0 Å². The second kappa shape index (κ2) is 13.3. The number of aldehydes is 1. The van der Waals surface area contributed by atoms with Crippen LogP contribution in [0.5, 0.6) is 11.5 Å². The summed E-state index contributed by atoms with van der Waals surface area (Å²) in [4.78, 5) is 36.7. The molecular weight excluding hydrogens is 497 g/mol. The number of nitrogens with zero attached hydrogens (tertiary/aromatic N) is 2. The quantitative estimate of drug-likeness (QED) is 0.194. The molecule has 1 N–H and O–H groups in total. The molecule has 1 aromatic rings. The fourth-order valence-corrected chi connectivity index (χ4v) is 5.86. The topological polar surface area (TPSA) is 96.3 Å². The van der Waals surface area contributed by atoms with Crippen molar-refractivity contribution in [2.24, 2.45) is 11.1 Å². The van der Waals surface area contributed by atoms with Crippen molar-refractivity contribution in [2.45, 2.75) is 70.0 Å². The van der Waals surface area contributed by atoms with Gasteiger partial charge in [0.15, 0.2) is 5.54 Å². The number of alkyl halides is 3. The number of likely N-dealkylation sites (N-methyl/N-ethyl adjacent to an activating group) is 1. The number of hydrogen-bond donors (Lipinski definition) is 1. The molecule has 1 fully saturated rings. The summed E-state index contributed by atoms with van der Waals surface area (Å²) in [6.45, 7) is 4.07. The van der Waals surface area contributed by atoms with E-state index in [0.717, 1.165) is 24.0 Å². The first kappa shape index (κ1) is 29.9. The molecule has 1 aliphatic rings. The van der Waals surface area contributed by atoms with Gasteiger partial charge in [-0.15, -0.1) is 4.91 Å². The fraction of sp³-hybridized carbons (Fsp3) is 0.680. The van der Waals surface area contributed by atoms with Gasteiger partial charge in [-0.1, -0.05) is 24.6 Å². The number of nitroso groups, excluding NO2 is 1. The Morgan fingerprint density at radius 2 is 2.08 bits per heavy atom. The van der Waals surface area contributed by atoms with Crippen molar-refractivity contribution in [1.82, 2.24) is 4.90 Å². The minimum absolute atomic E-state index is 0.0746. The average Bonchev–Trinajstić information content (AvgIpc) is 3.38. The largest absolute Gasteiger partial charge is 0.507 e. The molecule has 0 saturated carbocycles. The Labute approximate surface area is 214 Å². The van der Waals surface area contributed by atoms with Crippen molar-refractivity contribution in [3.8, 4) is 11.5 Å². The summed E-state index contributed by atoms with van der Waals surface area (Å²) in [7, 11) is 1.64. The van der Waals surface area contributed by atoms with E-state index in [0.29, 0.717) is 38.0 Å². The maximum Gasteiger partial charge on any atom is 0.396 e. The Morgan fingerprint density at radius 3 is 2.64 bits per heavy atom. The van der Waals surface area contributed by atoms with Gasteiger partial charge < -0.3 is 19.5 Å². The van der Waals surface area contributed by atoms with Crippen LogP contribution in [0.25, 0.3) is 0 Å². The van der Waals surface area contributed by atoms with E-state index in [9.17, 15) is 32.8 Å². The number of halogens is 3. The standard InChI is InChI=1S/C25H35F3N2O5S/c1-4-7-19-21(9-8-18(22(19)32)20(10-13-31)25(26,27)28)35-14-6-5-12-30(3)23(33)24(2,29-34)17-11-15-36-16-17/h8-9,13,17,20,32H,4-7,10-12,14-16H2,1-3H3. The number of hydrogen-bond acceptors (Lipinski definition) is 7. The van der Waals surface area contributed by atoms with Crippen LogP contribution in [0.15, 0.2) is 17.3 Å². The molecule has 1 amide bonds. The summed E-state index contributed by atoms with van der Waals surface area (Å²) in [5, 5.41) is 13.8. The molecule has 0 spiro atoms. The zero-order chi connectivity index (χ0) is 26.9. The van der Waals surface area contributed by atoms with Gasteiger partial charge in [-0.2, -0.15) is 24.9 Å². The molecule has 0 aromatic heterocycles. The highest BCUT2D eigenvalue weighted by atomic mass is 32.2. The molecule has 202 valence electrons. The summed E-state index contributed by atoms with van der Waals surface area (Å²) in [6, 6.07) is 2.56. The summed E-state index contributed by atoms with van der Waals surface area (Å²) in [5.74, 6) is -1.00. The minimum atomic E-state index is -4.67. The Balaban J connectivity index is 1.99. The normalized spacial score (nSPS) is 18.3. The summed E-state index contributed by atoms with van der Waals surface area (Å²) >= 11 is 1.71. The van der Waals surface area contributed by atoms with Gasteiger partial charge in [0.25, 0.3) is 5.91 Å². The lowest BCUT2D eigenvalue weighted by molar-refractivity contribution is -0.154. The molecule has 3 unspecified atom stereocenters. The van der Waals surface area contributed by atoms with Crippen LogP contribution in [0.2, 0.25) is 0 Å². The number of aromatic hydroxyl groups is 1. The molecule has 2 rings (SSSR count). The number of amides is 1. The number of thioether (sulfide) groups is 1. The highest BCUT2D eigenvalue weighted by Crippen LogP contribution is 2.44. The number of carbonyl (C=O) groups is 2. The average molecular weight is 533 g/mol. The van der Waals surface area contributed by atoms with E-state index in [2.05, 4.69) is 5.18 Å². The first-order chi connectivity index (χ1) is 17.0. The number of benzene rings is 1. The van der Waals surface area contributed by atoms with Crippen molar-refractivity contribution in [2.75, 3.05) is 31.7 Å². The highest BCUT2D eigenvalue weighted by Gasteiger charge is 2.46. The molecule has 1 aliphatic heterocycles. The van der Waals surface area contributed by atoms with Crippen LogP contribution in [-0.2, 0) is 16.0 Å². The third-order valence-electron chi connectivity index (χ3n) is 6.71. The molecule has 3 atom stereocenters. The number of carbonyl (C=O) groups excluding carboxylic acids is 2. The second-order valence-electron chi connectivity index (χ2n) is 9.31. The third-order valence-corrected chi connectivity index (χ3v) is 7.88. The minimum Gasteiger partial charge on any atom is -0.507 e. The number of ether oxygens (including phenoxy) is 1. The number of phenols is 1. The van der Waals surface area contributed by atoms with E-state index in [1.54, 1.807) is 25.7 Å². The Kier molecular flexibility index (Phi) is 11.1. The summed E-state index contributed by atoms with van der Waals surface area (Å²) < 4.78 is 46.1. The van der Waals surface area contributed by atoms with E-state index in [1.165, 1.54) is 11.0 Å². The number of unbranched alkanes of at least 4 members (excludes halogenated alkanes) is 1. The number of phenolic OH excluding ortho intramolecular Hbond substituents is 1. The highest BCUT2D eigenvalue weighted by molar-refractivity contribution is 7.99. The molecule has 1 heterocycles. The van der Waals surface area contributed by atoms with Crippen molar-refractivity contribution < 1.29 is 32.6 Å². The van der Waals surface area contributed by atoms with Gasteiger partial charge in [0.2, 0.25) is 0 Å². The molecule has 0 radical (unpaired) electrons. The molecule has 0 aliphatic carbocycles. The van der Waals surface area contributed by atoms with E-state index >= 15 is 0 Å². The molecule has 7 nitrogen and oxygen atoms in total. The van der Waals surface area contributed by atoms with Crippen LogP contribution >= 0.6 is 11.8 Å². The predicted molar refractivity (Wildman–Crippen MR) is 134 cm³/mol. The van der Waals surface area contributed by atoms with Crippen LogP contribution in [0.1, 0.15) is 63.0 Å². The van der Waals surface area contributed by atoms with Crippen molar-refractivity contribution in [3.05, 3.63) is 28.2 Å². The Hall–Kier alpha value is -2.30. The molecule has 0 bridgehead atoms. The van der Waals surface area contributed by atoms with Gasteiger partial charge in [0, 0.05) is 37.1 Å². The van der Waals surface area contributed by atoms with E-state index in [-0.39, 0.29) is 35.8 Å². The second-order valence-corrected chi connectivity index (χ2v) is 10.5. The molecule has 1 saturated heterocycles. The lowest BCUT2D eigenvalue weighted by atomic mass is 9.84. The van der Waals surface area contributed by atoms with Gasteiger partial charge in [-0.05, 0) is 50.2 Å². The zero-order valence-electron chi connectivity index (χ0n) is 21.0. The van der Waals surface area contributed by atoms with Crippen LogP contribution in [0, 0.1) is 10.8 Å². The molecule has 1 aromatic carbocycles. The van der Waals surface area contributed by atoms with Gasteiger partial charge in [-0.3, -0.25) is 4.79 Å². The van der Waals surface area contributed by atoms with Gasteiger partial charge in [0.1, 0.15) is 17.8 Å². The van der Waals surface area contributed by atoms with E-state index in [1.807, 2.05) is 6.92 Å². The van der Waals surface area contributed by atoms with Gasteiger partial charge in [-0.25, -0.2) is 0 Å². The first-order valence-corrected chi connectivity index (χ1v) is 13.3. The maximum absolute atomic E-state index is 13.4.